The predicted molar refractivity (Wildman–Crippen MR) is 112 cm³/mol. The molecule has 27 heavy (non-hydrogen) atoms. The molecule has 142 valence electrons. The molecule has 4 heteroatoms. The third kappa shape index (κ3) is 4.58. The average Bonchev–Trinajstić information content (AvgIpc) is 3.04. The molecule has 0 aliphatic rings. The zero-order chi connectivity index (χ0) is 19.4. The van der Waals surface area contributed by atoms with Gasteiger partial charge in [0.2, 0.25) is 5.91 Å². The number of aromatic nitrogens is 1. The molecule has 0 spiro atoms. The second kappa shape index (κ2) is 8.40. The van der Waals surface area contributed by atoms with Crippen LogP contribution in [0.3, 0.4) is 0 Å². The molecule has 2 N–H and O–H groups in total. The fourth-order valence-electron chi connectivity index (χ4n) is 3.66. The quantitative estimate of drug-likeness (QED) is 0.667. The summed E-state index contributed by atoms with van der Waals surface area (Å²) >= 11 is 0. The van der Waals surface area contributed by atoms with Crippen LogP contribution in [0.25, 0.3) is 10.9 Å². The number of para-hydroxylation sites is 1. The Hall–Kier alpha value is -2.59. The number of H-pyrrole nitrogens is 1. The Balaban J connectivity index is 1.93. The molecule has 3 aromatic rings. The van der Waals surface area contributed by atoms with Gasteiger partial charge in [0.1, 0.15) is 0 Å². The first-order valence-corrected chi connectivity index (χ1v) is 9.50. The standard InChI is InChI=1S/C23H29N3O/c1-16-9-10-18(17(2)13-16)20(14-23(27)24-11-12-26(3)4)21-15-25-22-8-6-5-7-19(21)22/h5-10,13,15,20,25H,11-12,14H2,1-4H3,(H,24,27)/t20-/m0/s1. The van der Waals surface area contributed by atoms with Gasteiger partial charge in [-0.25, -0.2) is 0 Å². The summed E-state index contributed by atoms with van der Waals surface area (Å²) < 4.78 is 0. The first-order chi connectivity index (χ1) is 13.0. The number of benzene rings is 2. The van der Waals surface area contributed by atoms with Gasteiger partial charge in [-0.15, -0.1) is 0 Å². The molecule has 1 heterocycles. The third-order valence-electron chi connectivity index (χ3n) is 5.07. The molecule has 0 saturated heterocycles. The maximum Gasteiger partial charge on any atom is 0.220 e. The van der Waals surface area contributed by atoms with Crippen molar-refractivity contribution in [2.75, 3.05) is 27.2 Å². The first-order valence-electron chi connectivity index (χ1n) is 9.50. The zero-order valence-corrected chi connectivity index (χ0v) is 16.7. The summed E-state index contributed by atoms with van der Waals surface area (Å²) in [4.78, 5) is 18.1. The van der Waals surface area contributed by atoms with Crippen molar-refractivity contribution in [2.24, 2.45) is 0 Å². The number of carbonyl (C=O) groups is 1. The van der Waals surface area contributed by atoms with Crippen molar-refractivity contribution in [2.45, 2.75) is 26.2 Å². The molecule has 0 bridgehead atoms. The fraction of sp³-hybridized carbons (Fsp3) is 0.348. The SMILES string of the molecule is Cc1ccc([C@H](CC(=O)NCCN(C)C)c2c[nH]c3ccccc23)c(C)c1. The molecule has 2 aromatic carbocycles. The number of nitrogens with one attached hydrogen (secondary N) is 2. The normalized spacial score (nSPS) is 12.5. The highest BCUT2D eigenvalue weighted by Gasteiger charge is 2.22. The summed E-state index contributed by atoms with van der Waals surface area (Å²) in [7, 11) is 4.02. The Bertz CT molecular complexity index is 926. The molecular formula is C23H29N3O. The molecular weight excluding hydrogens is 334 g/mol. The molecule has 0 aliphatic heterocycles. The van der Waals surface area contributed by atoms with Crippen LogP contribution >= 0.6 is 0 Å². The van der Waals surface area contributed by atoms with Crippen LogP contribution in [0, 0.1) is 13.8 Å². The van der Waals surface area contributed by atoms with E-state index in [0.717, 1.165) is 12.1 Å². The van der Waals surface area contributed by atoms with E-state index in [1.54, 1.807) is 0 Å². The van der Waals surface area contributed by atoms with Crippen LogP contribution < -0.4 is 5.32 Å². The molecule has 4 nitrogen and oxygen atoms in total. The van der Waals surface area contributed by atoms with E-state index in [1.807, 2.05) is 20.2 Å². The van der Waals surface area contributed by atoms with E-state index < -0.39 is 0 Å². The summed E-state index contributed by atoms with van der Waals surface area (Å²) in [6.07, 6.45) is 2.50. The highest BCUT2D eigenvalue weighted by molar-refractivity contribution is 5.86. The highest BCUT2D eigenvalue weighted by Crippen LogP contribution is 2.35. The second-order valence-corrected chi connectivity index (χ2v) is 7.56. The third-order valence-corrected chi connectivity index (χ3v) is 5.07. The van der Waals surface area contributed by atoms with E-state index in [1.165, 1.54) is 27.6 Å². The minimum absolute atomic E-state index is 0.0288. The van der Waals surface area contributed by atoms with Crippen molar-refractivity contribution in [3.05, 3.63) is 70.9 Å². The van der Waals surface area contributed by atoms with E-state index in [4.69, 9.17) is 0 Å². The molecule has 1 aromatic heterocycles. The van der Waals surface area contributed by atoms with E-state index in [2.05, 4.69) is 71.6 Å². The van der Waals surface area contributed by atoms with Gasteiger partial charge in [0.25, 0.3) is 0 Å². The lowest BCUT2D eigenvalue weighted by Gasteiger charge is -2.20. The lowest BCUT2D eigenvalue weighted by atomic mass is 9.85. The topological polar surface area (TPSA) is 48.1 Å². The maximum atomic E-state index is 12.7. The largest absolute Gasteiger partial charge is 0.361 e. The lowest BCUT2D eigenvalue weighted by Crippen LogP contribution is -2.32. The van der Waals surface area contributed by atoms with Gasteiger partial charge in [0, 0.05) is 42.5 Å². The Labute approximate surface area is 161 Å². The van der Waals surface area contributed by atoms with Crippen LogP contribution in [-0.2, 0) is 4.79 Å². The summed E-state index contributed by atoms with van der Waals surface area (Å²) in [5.41, 5.74) is 5.97. The van der Waals surface area contributed by atoms with E-state index in [9.17, 15) is 4.79 Å². The average molecular weight is 364 g/mol. The number of hydrogen-bond acceptors (Lipinski definition) is 2. The van der Waals surface area contributed by atoms with Crippen molar-refractivity contribution in [1.29, 1.82) is 0 Å². The second-order valence-electron chi connectivity index (χ2n) is 7.56. The van der Waals surface area contributed by atoms with Gasteiger partial charge in [0.05, 0.1) is 0 Å². The first kappa shape index (κ1) is 19.2. The van der Waals surface area contributed by atoms with Crippen LogP contribution in [0.4, 0.5) is 0 Å². The van der Waals surface area contributed by atoms with Gasteiger partial charge < -0.3 is 15.2 Å². The number of carbonyl (C=O) groups excluding carboxylic acids is 1. The van der Waals surface area contributed by atoms with Gasteiger partial charge in [-0.2, -0.15) is 0 Å². The van der Waals surface area contributed by atoms with Crippen molar-refractivity contribution in [3.63, 3.8) is 0 Å². The molecule has 0 fully saturated rings. The van der Waals surface area contributed by atoms with Crippen LogP contribution in [0.2, 0.25) is 0 Å². The minimum Gasteiger partial charge on any atom is -0.361 e. The number of amides is 1. The molecule has 3 rings (SSSR count). The zero-order valence-electron chi connectivity index (χ0n) is 16.7. The van der Waals surface area contributed by atoms with Crippen LogP contribution in [0.5, 0.6) is 0 Å². The number of nitrogens with zero attached hydrogens (tertiary/aromatic N) is 1. The maximum absolute atomic E-state index is 12.7. The monoisotopic (exact) mass is 363 g/mol. The number of likely N-dealkylation sites (N-methyl/N-ethyl adjacent to an activating group) is 1. The highest BCUT2D eigenvalue weighted by atomic mass is 16.1. The Morgan fingerprint density at radius 3 is 2.63 bits per heavy atom. The van der Waals surface area contributed by atoms with Gasteiger partial charge >= 0.3 is 0 Å². The molecule has 1 atom stereocenters. The Kier molecular flexibility index (Phi) is 5.97. The van der Waals surface area contributed by atoms with Crippen molar-refractivity contribution >= 4 is 16.8 Å². The number of aromatic amines is 1. The fourth-order valence-corrected chi connectivity index (χ4v) is 3.66. The summed E-state index contributed by atoms with van der Waals surface area (Å²) in [5, 5.41) is 4.25. The number of fused-ring (bicyclic) bond motifs is 1. The number of aryl methyl sites for hydroxylation is 2. The summed E-state index contributed by atoms with van der Waals surface area (Å²) in [6.45, 7) is 5.74. The Morgan fingerprint density at radius 2 is 1.89 bits per heavy atom. The van der Waals surface area contributed by atoms with Crippen molar-refractivity contribution in [1.82, 2.24) is 15.2 Å². The molecule has 0 radical (unpaired) electrons. The van der Waals surface area contributed by atoms with Crippen LogP contribution in [-0.4, -0.2) is 43.0 Å². The van der Waals surface area contributed by atoms with Crippen LogP contribution in [0.1, 0.15) is 34.6 Å². The predicted octanol–water partition coefficient (Wildman–Crippen LogP) is 3.98. The van der Waals surface area contributed by atoms with Crippen molar-refractivity contribution in [3.8, 4) is 0 Å². The Morgan fingerprint density at radius 1 is 1.11 bits per heavy atom. The number of hydrogen-bond donors (Lipinski definition) is 2. The summed E-state index contributed by atoms with van der Waals surface area (Å²) in [5.74, 6) is 0.119. The van der Waals surface area contributed by atoms with Gasteiger partial charge in [-0.1, -0.05) is 42.0 Å². The van der Waals surface area contributed by atoms with Crippen LogP contribution in [0.15, 0.2) is 48.7 Å². The van der Waals surface area contributed by atoms with Gasteiger partial charge in [-0.05, 0) is 50.7 Å². The smallest absolute Gasteiger partial charge is 0.220 e. The molecule has 0 aliphatic carbocycles. The lowest BCUT2D eigenvalue weighted by molar-refractivity contribution is -0.121. The van der Waals surface area contributed by atoms with Gasteiger partial charge in [0.15, 0.2) is 0 Å². The van der Waals surface area contributed by atoms with Crippen molar-refractivity contribution < 1.29 is 4.79 Å². The molecule has 0 saturated carbocycles. The molecule has 1 amide bonds. The molecule has 0 unspecified atom stereocenters. The summed E-state index contributed by atoms with van der Waals surface area (Å²) in [6, 6.07) is 14.8. The van der Waals surface area contributed by atoms with E-state index in [-0.39, 0.29) is 11.8 Å². The van der Waals surface area contributed by atoms with E-state index >= 15 is 0 Å². The number of rotatable bonds is 7. The minimum atomic E-state index is 0.0288. The van der Waals surface area contributed by atoms with E-state index in [0.29, 0.717) is 13.0 Å². The van der Waals surface area contributed by atoms with Gasteiger partial charge in [-0.3, -0.25) is 4.79 Å².